The van der Waals surface area contributed by atoms with Gasteiger partial charge in [0.15, 0.2) is 0 Å². The minimum Gasteiger partial charge on any atom is -0.459 e. The van der Waals surface area contributed by atoms with Crippen molar-refractivity contribution in [3.8, 4) is 0 Å². The fourth-order valence-corrected chi connectivity index (χ4v) is 6.25. The second-order valence-electron chi connectivity index (χ2n) is 10.3. The number of hydrogen-bond donors (Lipinski definition) is 3. The summed E-state index contributed by atoms with van der Waals surface area (Å²) in [7, 11) is -3.53. The topological polar surface area (TPSA) is 111 Å². The average molecular weight is 582 g/mol. The van der Waals surface area contributed by atoms with Gasteiger partial charge in [0, 0.05) is 31.7 Å². The second kappa shape index (κ2) is 17.4. The van der Waals surface area contributed by atoms with Gasteiger partial charge in [0.1, 0.15) is 17.7 Å². The molecule has 0 bridgehead atoms. The molecule has 0 aliphatic rings. The number of sulfonamides is 1. The van der Waals surface area contributed by atoms with E-state index in [0.29, 0.717) is 12.1 Å². The van der Waals surface area contributed by atoms with Crippen LogP contribution in [0.3, 0.4) is 0 Å². The van der Waals surface area contributed by atoms with E-state index in [1.54, 1.807) is 0 Å². The number of esters is 1. The van der Waals surface area contributed by atoms with Gasteiger partial charge in [-0.05, 0) is 60.4 Å². The normalized spacial score (nSPS) is 13.4. The molecule has 0 amide bonds. The van der Waals surface area contributed by atoms with E-state index in [0.717, 1.165) is 43.7 Å². The van der Waals surface area contributed by atoms with Crippen molar-refractivity contribution in [1.29, 1.82) is 0 Å². The van der Waals surface area contributed by atoms with Gasteiger partial charge >= 0.3 is 5.97 Å². The van der Waals surface area contributed by atoms with Crippen LogP contribution in [0.1, 0.15) is 69.6 Å². The quantitative estimate of drug-likeness (QED) is 0.209. The molecule has 0 saturated carbocycles. The van der Waals surface area contributed by atoms with Crippen LogP contribution in [0.25, 0.3) is 0 Å². The number of aryl methyl sites for hydroxylation is 1. The van der Waals surface area contributed by atoms with E-state index in [9.17, 15) is 22.0 Å². The second-order valence-corrected chi connectivity index (χ2v) is 12.2. The Labute approximate surface area is 238 Å². The molecule has 0 radical (unpaired) electrons. The van der Waals surface area contributed by atoms with Crippen LogP contribution in [0.4, 0.5) is 8.78 Å². The standard InChI is InChI=1S/C30H45F2N3O4S/c1-4-8-23(9-5-2)21-40(37,38)35-13-12-30(36)39-29(20-34-19-24-11-7-10-22(6-3)14-24)28(33)17-25-15-26(31)18-27(32)16-25/h7,10-11,14-16,18,23,28-29,34-35H,4-6,8-9,12-13,17,19-21,33H2,1-3H3/t28-,29+/m0/s1. The summed E-state index contributed by atoms with van der Waals surface area (Å²) < 4.78 is 60.6. The van der Waals surface area contributed by atoms with Crippen LogP contribution in [0.5, 0.6) is 0 Å². The highest BCUT2D eigenvalue weighted by atomic mass is 32.2. The number of ether oxygens (including phenoxy) is 1. The van der Waals surface area contributed by atoms with Gasteiger partial charge in [-0.15, -0.1) is 0 Å². The van der Waals surface area contributed by atoms with E-state index in [2.05, 4.69) is 23.0 Å². The number of benzene rings is 2. The molecule has 0 aliphatic carbocycles. The van der Waals surface area contributed by atoms with Crippen molar-refractivity contribution >= 4 is 16.0 Å². The SMILES string of the molecule is CCCC(CCC)CS(=O)(=O)NCCC(=O)O[C@H](CNCc1cccc(CC)c1)[C@@H](N)Cc1cc(F)cc(F)c1. The first kappa shape index (κ1) is 33.8. The Morgan fingerprint density at radius 2 is 1.62 bits per heavy atom. The zero-order chi connectivity index (χ0) is 29.5. The lowest BCUT2D eigenvalue weighted by atomic mass is 10.0. The summed E-state index contributed by atoms with van der Waals surface area (Å²) in [5, 5.41) is 3.26. The lowest BCUT2D eigenvalue weighted by Crippen LogP contribution is -2.46. The molecule has 0 fully saturated rings. The van der Waals surface area contributed by atoms with Gasteiger partial charge in [-0.25, -0.2) is 21.9 Å². The molecule has 0 spiro atoms. The lowest BCUT2D eigenvalue weighted by molar-refractivity contribution is -0.149. The Bertz CT molecular complexity index is 1140. The van der Waals surface area contributed by atoms with Gasteiger partial charge in [0.25, 0.3) is 0 Å². The third-order valence-corrected chi connectivity index (χ3v) is 8.28. The molecule has 7 nitrogen and oxygen atoms in total. The maximum Gasteiger partial charge on any atom is 0.307 e. The predicted molar refractivity (Wildman–Crippen MR) is 155 cm³/mol. The number of nitrogens with two attached hydrogens (primary N) is 1. The van der Waals surface area contributed by atoms with Crippen LogP contribution >= 0.6 is 0 Å². The summed E-state index contributed by atoms with van der Waals surface area (Å²) in [6.07, 6.45) is 3.52. The molecule has 224 valence electrons. The van der Waals surface area contributed by atoms with Crippen LogP contribution in [-0.2, 0) is 38.9 Å². The van der Waals surface area contributed by atoms with E-state index in [1.807, 2.05) is 32.0 Å². The first-order valence-electron chi connectivity index (χ1n) is 14.2. The molecule has 0 unspecified atom stereocenters. The number of carbonyl (C=O) groups is 1. The summed E-state index contributed by atoms with van der Waals surface area (Å²) in [5.74, 6) is -1.92. The zero-order valence-corrected chi connectivity index (χ0v) is 24.7. The largest absolute Gasteiger partial charge is 0.459 e. The van der Waals surface area contributed by atoms with Crippen molar-refractivity contribution in [3.05, 3.63) is 70.8 Å². The van der Waals surface area contributed by atoms with Gasteiger partial charge in [0.2, 0.25) is 10.0 Å². The van der Waals surface area contributed by atoms with Gasteiger partial charge in [0.05, 0.1) is 12.2 Å². The number of halogens is 2. The molecule has 0 saturated heterocycles. The third-order valence-electron chi connectivity index (χ3n) is 6.73. The van der Waals surface area contributed by atoms with Crippen LogP contribution in [0.2, 0.25) is 0 Å². The molecule has 2 aromatic rings. The highest BCUT2D eigenvalue weighted by molar-refractivity contribution is 7.89. The fourth-order valence-electron chi connectivity index (χ4n) is 4.76. The smallest absolute Gasteiger partial charge is 0.307 e. The summed E-state index contributed by atoms with van der Waals surface area (Å²) in [5.41, 5.74) is 8.97. The molecule has 0 aromatic heterocycles. The minimum atomic E-state index is -3.53. The maximum absolute atomic E-state index is 13.7. The number of carbonyl (C=O) groups excluding carboxylic acids is 1. The first-order chi connectivity index (χ1) is 19.0. The van der Waals surface area contributed by atoms with Gasteiger partial charge in [-0.1, -0.05) is 57.9 Å². The molecule has 2 aromatic carbocycles. The number of nitrogens with one attached hydrogen (secondary N) is 2. The summed E-state index contributed by atoms with van der Waals surface area (Å²) in [6, 6.07) is 10.5. The van der Waals surface area contributed by atoms with Crippen molar-refractivity contribution in [3.63, 3.8) is 0 Å². The lowest BCUT2D eigenvalue weighted by Gasteiger charge is -2.25. The summed E-state index contributed by atoms with van der Waals surface area (Å²) >= 11 is 0. The van der Waals surface area contributed by atoms with Gasteiger partial charge in [-0.2, -0.15) is 0 Å². The Morgan fingerprint density at radius 3 is 2.25 bits per heavy atom. The van der Waals surface area contributed by atoms with Crippen molar-refractivity contribution in [1.82, 2.24) is 10.0 Å². The zero-order valence-electron chi connectivity index (χ0n) is 23.9. The molecule has 40 heavy (non-hydrogen) atoms. The molecule has 2 atom stereocenters. The molecular formula is C30H45F2N3O4S. The molecule has 0 aliphatic heterocycles. The van der Waals surface area contributed by atoms with Crippen LogP contribution in [-0.4, -0.2) is 45.4 Å². The minimum absolute atomic E-state index is 0.0323. The number of hydrogen-bond acceptors (Lipinski definition) is 6. The Morgan fingerprint density at radius 1 is 0.975 bits per heavy atom. The van der Waals surface area contributed by atoms with E-state index in [-0.39, 0.29) is 37.6 Å². The molecule has 2 rings (SSSR count). The van der Waals surface area contributed by atoms with E-state index in [4.69, 9.17) is 10.5 Å². The van der Waals surface area contributed by atoms with Crippen LogP contribution in [0, 0.1) is 17.6 Å². The summed E-state index contributed by atoms with van der Waals surface area (Å²) in [4.78, 5) is 12.7. The maximum atomic E-state index is 13.7. The van der Waals surface area contributed by atoms with Gasteiger partial charge < -0.3 is 15.8 Å². The Kier molecular flexibility index (Phi) is 14.7. The molecular weight excluding hydrogens is 536 g/mol. The van der Waals surface area contributed by atoms with Crippen molar-refractivity contribution in [2.75, 3.05) is 18.8 Å². The van der Waals surface area contributed by atoms with Crippen LogP contribution < -0.4 is 15.8 Å². The first-order valence-corrected chi connectivity index (χ1v) is 15.9. The summed E-state index contributed by atoms with van der Waals surface area (Å²) in [6.45, 7) is 6.78. The van der Waals surface area contributed by atoms with Crippen molar-refractivity contribution in [2.24, 2.45) is 11.7 Å². The highest BCUT2D eigenvalue weighted by Gasteiger charge is 2.24. The van der Waals surface area contributed by atoms with Crippen LogP contribution in [0.15, 0.2) is 42.5 Å². The van der Waals surface area contributed by atoms with E-state index < -0.39 is 39.8 Å². The monoisotopic (exact) mass is 581 g/mol. The third kappa shape index (κ3) is 12.8. The highest BCUT2D eigenvalue weighted by Crippen LogP contribution is 2.16. The van der Waals surface area contributed by atoms with Crippen molar-refractivity contribution < 1.29 is 26.7 Å². The fraction of sp³-hybridized carbons (Fsp3) is 0.567. The predicted octanol–water partition coefficient (Wildman–Crippen LogP) is 4.62. The Hall–Kier alpha value is -2.40. The molecule has 4 N–H and O–H groups in total. The number of rotatable bonds is 19. The Balaban J connectivity index is 1.99. The molecule has 0 heterocycles. The van der Waals surface area contributed by atoms with E-state index >= 15 is 0 Å². The average Bonchev–Trinajstić information content (AvgIpc) is 2.87. The van der Waals surface area contributed by atoms with E-state index in [1.165, 1.54) is 17.7 Å². The molecule has 10 heteroatoms. The van der Waals surface area contributed by atoms with Gasteiger partial charge in [-0.3, -0.25) is 4.79 Å². The van der Waals surface area contributed by atoms with Crippen molar-refractivity contribution in [2.45, 2.75) is 84.4 Å².